The SMILES string of the molecule is C=S1(=O)CCN(C=O)CC1. The number of hydrogen-bond donors (Lipinski definition) is 0. The van der Waals surface area contributed by atoms with E-state index in [9.17, 15) is 9.00 Å². The van der Waals surface area contributed by atoms with Crippen molar-refractivity contribution in [2.24, 2.45) is 0 Å². The maximum Gasteiger partial charge on any atom is 0.209 e. The zero-order valence-corrected chi connectivity index (χ0v) is 6.60. The Morgan fingerprint density at radius 1 is 1.40 bits per heavy atom. The van der Waals surface area contributed by atoms with Crippen molar-refractivity contribution in [2.75, 3.05) is 24.6 Å². The molecule has 1 amide bonds. The Morgan fingerprint density at radius 3 is 2.30 bits per heavy atom. The highest BCUT2D eigenvalue weighted by Crippen LogP contribution is 2.00. The number of hydrogen-bond acceptors (Lipinski definition) is 2. The fraction of sp³-hybridized carbons (Fsp3) is 0.667. The summed E-state index contributed by atoms with van der Waals surface area (Å²) in [7, 11) is -1.83. The van der Waals surface area contributed by atoms with Crippen LogP contribution in [0.2, 0.25) is 0 Å². The lowest BCUT2D eigenvalue weighted by Crippen LogP contribution is -2.39. The molecule has 1 heterocycles. The number of amides is 1. The van der Waals surface area contributed by atoms with Gasteiger partial charge in [-0.15, -0.1) is 0 Å². The van der Waals surface area contributed by atoms with Gasteiger partial charge in [0, 0.05) is 24.6 Å². The van der Waals surface area contributed by atoms with Crippen LogP contribution in [0, 0.1) is 0 Å². The van der Waals surface area contributed by atoms with Crippen LogP contribution < -0.4 is 0 Å². The number of carbonyl (C=O) groups is 1. The van der Waals surface area contributed by atoms with E-state index in [-0.39, 0.29) is 0 Å². The summed E-state index contributed by atoms with van der Waals surface area (Å²) in [5.74, 6) is 4.71. The summed E-state index contributed by atoms with van der Waals surface area (Å²) in [5.41, 5.74) is 0. The van der Waals surface area contributed by atoms with E-state index in [0.29, 0.717) is 24.6 Å². The van der Waals surface area contributed by atoms with Crippen molar-refractivity contribution < 1.29 is 9.00 Å². The Labute approximate surface area is 61.0 Å². The number of carbonyl (C=O) groups excluding carboxylic acids is 1. The third-order valence-corrected chi connectivity index (χ3v) is 3.50. The fourth-order valence-electron chi connectivity index (χ4n) is 0.887. The second-order valence-corrected chi connectivity index (χ2v) is 5.26. The highest BCUT2D eigenvalue weighted by atomic mass is 32.2. The van der Waals surface area contributed by atoms with Crippen LogP contribution in [0.3, 0.4) is 0 Å². The van der Waals surface area contributed by atoms with E-state index in [0.717, 1.165) is 6.41 Å². The topological polar surface area (TPSA) is 37.4 Å². The largest absolute Gasteiger partial charge is 0.343 e. The molecule has 10 heavy (non-hydrogen) atoms. The molecule has 4 heteroatoms. The van der Waals surface area contributed by atoms with Crippen LogP contribution in [0.1, 0.15) is 0 Å². The summed E-state index contributed by atoms with van der Waals surface area (Å²) >= 11 is 0. The summed E-state index contributed by atoms with van der Waals surface area (Å²) in [4.78, 5) is 11.8. The summed E-state index contributed by atoms with van der Waals surface area (Å²) in [5, 5.41) is 0. The molecule has 1 saturated heterocycles. The molecule has 1 fully saturated rings. The first-order valence-corrected chi connectivity index (χ1v) is 5.22. The molecular weight excluding hydrogens is 150 g/mol. The normalized spacial score (nSPS) is 24.2. The van der Waals surface area contributed by atoms with Gasteiger partial charge in [0.2, 0.25) is 6.41 Å². The number of rotatable bonds is 1. The summed E-state index contributed by atoms with van der Waals surface area (Å²) < 4.78 is 11.2. The maximum absolute atomic E-state index is 11.2. The van der Waals surface area contributed by atoms with Crippen molar-refractivity contribution >= 4 is 21.8 Å². The molecule has 1 aliphatic heterocycles. The van der Waals surface area contributed by atoms with E-state index in [1.54, 1.807) is 4.90 Å². The number of nitrogens with zero attached hydrogens (tertiary/aromatic N) is 1. The highest BCUT2D eigenvalue weighted by molar-refractivity contribution is 8.00. The van der Waals surface area contributed by atoms with Crippen LogP contribution >= 0.6 is 0 Å². The lowest BCUT2D eigenvalue weighted by Gasteiger charge is -2.24. The van der Waals surface area contributed by atoms with Crippen LogP contribution in [0.4, 0.5) is 0 Å². The van der Waals surface area contributed by atoms with Crippen LogP contribution in [-0.2, 0) is 14.3 Å². The molecule has 0 spiro atoms. The monoisotopic (exact) mass is 161 g/mol. The van der Waals surface area contributed by atoms with Crippen LogP contribution in [0.5, 0.6) is 0 Å². The second-order valence-electron chi connectivity index (χ2n) is 2.52. The average Bonchev–Trinajstić information content (AvgIpc) is 1.88. The Morgan fingerprint density at radius 2 is 1.90 bits per heavy atom. The van der Waals surface area contributed by atoms with Crippen LogP contribution in [-0.4, -0.2) is 46.0 Å². The highest BCUT2D eigenvalue weighted by Gasteiger charge is 2.14. The van der Waals surface area contributed by atoms with E-state index >= 15 is 0 Å². The third-order valence-electron chi connectivity index (χ3n) is 1.65. The van der Waals surface area contributed by atoms with E-state index in [1.807, 2.05) is 0 Å². The molecule has 0 unspecified atom stereocenters. The lowest BCUT2D eigenvalue weighted by atomic mass is 10.5. The summed E-state index contributed by atoms with van der Waals surface area (Å²) in [6.45, 7) is 1.21. The van der Waals surface area contributed by atoms with Gasteiger partial charge in [-0.05, 0) is 15.4 Å². The molecule has 0 aromatic heterocycles. The molecule has 1 rings (SSSR count). The minimum atomic E-state index is -1.83. The summed E-state index contributed by atoms with van der Waals surface area (Å²) in [6, 6.07) is 0. The van der Waals surface area contributed by atoms with Crippen molar-refractivity contribution in [3.05, 3.63) is 0 Å². The minimum Gasteiger partial charge on any atom is -0.343 e. The zero-order chi connectivity index (χ0) is 7.61. The van der Waals surface area contributed by atoms with Gasteiger partial charge in [0.1, 0.15) is 0 Å². The summed E-state index contributed by atoms with van der Waals surface area (Å²) in [6.07, 6.45) is 0.800. The van der Waals surface area contributed by atoms with Gasteiger partial charge in [-0.2, -0.15) is 0 Å². The molecule has 1 aliphatic rings. The van der Waals surface area contributed by atoms with Gasteiger partial charge in [-0.1, -0.05) is 0 Å². The Kier molecular flexibility index (Phi) is 1.99. The second kappa shape index (κ2) is 2.62. The Bertz CT molecular complexity index is 206. The maximum atomic E-state index is 11.2. The van der Waals surface area contributed by atoms with Crippen molar-refractivity contribution in [3.8, 4) is 0 Å². The van der Waals surface area contributed by atoms with Gasteiger partial charge in [-0.25, -0.2) is 0 Å². The van der Waals surface area contributed by atoms with Gasteiger partial charge in [0.15, 0.2) is 0 Å². The molecular formula is C6H11NO2S. The first kappa shape index (κ1) is 7.60. The predicted octanol–water partition coefficient (Wildman–Crippen LogP) is -0.825. The van der Waals surface area contributed by atoms with Crippen molar-refractivity contribution in [3.63, 3.8) is 0 Å². The first-order valence-electron chi connectivity index (χ1n) is 3.16. The van der Waals surface area contributed by atoms with E-state index in [1.165, 1.54) is 0 Å². The molecule has 0 bridgehead atoms. The molecule has 3 nitrogen and oxygen atoms in total. The van der Waals surface area contributed by atoms with Crippen molar-refractivity contribution in [1.82, 2.24) is 4.90 Å². The van der Waals surface area contributed by atoms with Gasteiger partial charge in [0.25, 0.3) is 0 Å². The van der Waals surface area contributed by atoms with Gasteiger partial charge < -0.3 is 4.90 Å². The molecule has 0 aromatic rings. The smallest absolute Gasteiger partial charge is 0.209 e. The zero-order valence-electron chi connectivity index (χ0n) is 5.78. The Balaban J connectivity index is 2.54. The van der Waals surface area contributed by atoms with E-state index < -0.39 is 9.52 Å². The molecule has 58 valence electrons. The molecule has 0 radical (unpaired) electrons. The van der Waals surface area contributed by atoms with E-state index in [4.69, 9.17) is 0 Å². The quantitative estimate of drug-likeness (QED) is 0.372. The van der Waals surface area contributed by atoms with Gasteiger partial charge in [-0.3, -0.25) is 9.00 Å². The average molecular weight is 161 g/mol. The molecule has 0 N–H and O–H groups in total. The minimum absolute atomic E-state index is 0.561. The van der Waals surface area contributed by atoms with Gasteiger partial charge >= 0.3 is 0 Å². The standard InChI is InChI=1S/C6H11NO2S/c1-10(9)4-2-7(6-8)3-5-10/h6H,1-5H2. The van der Waals surface area contributed by atoms with Crippen molar-refractivity contribution in [2.45, 2.75) is 0 Å². The molecule has 0 aromatic carbocycles. The van der Waals surface area contributed by atoms with Crippen molar-refractivity contribution in [1.29, 1.82) is 0 Å². The van der Waals surface area contributed by atoms with Gasteiger partial charge in [0.05, 0.1) is 0 Å². The van der Waals surface area contributed by atoms with Crippen LogP contribution in [0.15, 0.2) is 0 Å². The molecule has 0 atom stereocenters. The molecule has 0 aliphatic carbocycles. The first-order chi connectivity index (χ1) is 4.64. The van der Waals surface area contributed by atoms with E-state index in [2.05, 4.69) is 5.87 Å². The lowest BCUT2D eigenvalue weighted by molar-refractivity contribution is -0.117. The van der Waals surface area contributed by atoms with Crippen LogP contribution in [0.25, 0.3) is 0 Å². The third kappa shape index (κ3) is 1.73. The predicted molar refractivity (Wildman–Crippen MR) is 42.6 cm³/mol. The Hall–Kier alpha value is -0.510. The fourth-order valence-corrected chi connectivity index (χ4v) is 2.23. The molecule has 0 saturated carbocycles.